The molecule has 0 spiro atoms. The molecule has 2 N–H and O–H groups in total. The molecule has 0 aromatic rings. The molecule has 102 valence electrons. The van der Waals surface area contributed by atoms with Crippen LogP contribution in [0.25, 0.3) is 0 Å². The molecule has 0 aliphatic carbocycles. The Balaban J connectivity index is 3.37. The molecule has 1 amide bonds. The molecule has 0 saturated carbocycles. The molecule has 0 radical (unpaired) electrons. The number of carbonyl (C=O) groups excluding carboxylic acids is 1. The van der Waals surface area contributed by atoms with Crippen molar-refractivity contribution >= 4 is 5.91 Å². The van der Waals surface area contributed by atoms with Gasteiger partial charge in [-0.05, 0) is 25.3 Å². The van der Waals surface area contributed by atoms with Crippen LogP contribution in [0, 0.1) is 11.8 Å². The summed E-state index contributed by atoms with van der Waals surface area (Å²) in [5.74, 6) is 0.739. The molecule has 3 heteroatoms. The predicted octanol–water partition coefficient (Wildman–Crippen LogP) is 2.56. The van der Waals surface area contributed by atoms with E-state index in [0.717, 1.165) is 19.5 Å². The quantitative estimate of drug-likeness (QED) is 0.610. The molecular formula is C14H30N2O. The zero-order valence-electron chi connectivity index (χ0n) is 12.2. The van der Waals surface area contributed by atoms with Gasteiger partial charge in [0.15, 0.2) is 0 Å². The SMILES string of the molecule is CC(C)NCCCCCNC(=O)C(C)C(C)C. The predicted molar refractivity (Wildman–Crippen MR) is 74.0 cm³/mol. The van der Waals surface area contributed by atoms with Gasteiger partial charge < -0.3 is 10.6 Å². The Morgan fingerprint density at radius 3 is 2.06 bits per heavy atom. The van der Waals surface area contributed by atoms with E-state index in [1.165, 1.54) is 12.8 Å². The van der Waals surface area contributed by atoms with E-state index in [4.69, 9.17) is 0 Å². The van der Waals surface area contributed by atoms with Crippen LogP contribution in [-0.4, -0.2) is 25.0 Å². The fourth-order valence-electron chi connectivity index (χ4n) is 1.49. The summed E-state index contributed by atoms with van der Waals surface area (Å²) in [6.45, 7) is 12.4. The Kier molecular flexibility index (Phi) is 9.14. The maximum Gasteiger partial charge on any atom is 0.223 e. The molecule has 0 saturated heterocycles. The highest BCUT2D eigenvalue weighted by molar-refractivity contribution is 5.78. The highest BCUT2D eigenvalue weighted by atomic mass is 16.1. The van der Waals surface area contributed by atoms with Crippen LogP contribution in [0.15, 0.2) is 0 Å². The molecule has 0 aromatic carbocycles. The van der Waals surface area contributed by atoms with E-state index in [9.17, 15) is 4.79 Å². The fraction of sp³-hybridized carbons (Fsp3) is 0.929. The minimum Gasteiger partial charge on any atom is -0.356 e. The van der Waals surface area contributed by atoms with E-state index in [1.807, 2.05) is 6.92 Å². The molecular weight excluding hydrogens is 212 g/mol. The van der Waals surface area contributed by atoms with Gasteiger partial charge in [0.1, 0.15) is 0 Å². The van der Waals surface area contributed by atoms with E-state index >= 15 is 0 Å². The topological polar surface area (TPSA) is 41.1 Å². The minimum absolute atomic E-state index is 0.123. The van der Waals surface area contributed by atoms with Crippen LogP contribution in [0.4, 0.5) is 0 Å². The first kappa shape index (κ1) is 16.4. The van der Waals surface area contributed by atoms with E-state index in [-0.39, 0.29) is 11.8 Å². The van der Waals surface area contributed by atoms with Crippen molar-refractivity contribution in [1.82, 2.24) is 10.6 Å². The van der Waals surface area contributed by atoms with Gasteiger partial charge in [0.05, 0.1) is 0 Å². The average Bonchev–Trinajstić information content (AvgIpc) is 2.25. The number of hydrogen-bond acceptors (Lipinski definition) is 2. The largest absolute Gasteiger partial charge is 0.356 e. The molecule has 0 heterocycles. The second kappa shape index (κ2) is 9.46. The lowest BCUT2D eigenvalue weighted by atomic mass is 9.97. The summed E-state index contributed by atoms with van der Waals surface area (Å²) in [5.41, 5.74) is 0. The van der Waals surface area contributed by atoms with Crippen LogP contribution in [-0.2, 0) is 4.79 Å². The van der Waals surface area contributed by atoms with Gasteiger partial charge in [-0.25, -0.2) is 0 Å². The van der Waals surface area contributed by atoms with Gasteiger partial charge in [-0.1, -0.05) is 41.0 Å². The molecule has 0 fully saturated rings. The summed E-state index contributed by atoms with van der Waals surface area (Å²) in [7, 11) is 0. The first-order valence-electron chi connectivity index (χ1n) is 6.96. The van der Waals surface area contributed by atoms with Gasteiger partial charge in [0.25, 0.3) is 0 Å². The normalized spacial score (nSPS) is 13.1. The van der Waals surface area contributed by atoms with E-state index in [1.54, 1.807) is 0 Å². The standard InChI is InChI=1S/C14H30N2O/c1-11(2)13(5)14(17)16-10-8-6-7-9-15-12(3)4/h11-13,15H,6-10H2,1-5H3,(H,16,17). The third-order valence-corrected chi connectivity index (χ3v) is 3.12. The van der Waals surface area contributed by atoms with Crippen molar-refractivity contribution in [2.45, 2.75) is 59.9 Å². The molecule has 0 bridgehead atoms. The molecule has 0 aromatic heterocycles. The highest BCUT2D eigenvalue weighted by Gasteiger charge is 2.15. The van der Waals surface area contributed by atoms with Crippen LogP contribution >= 0.6 is 0 Å². The maximum absolute atomic E-state index is 11.6. The first-order valence-corrected chi connectivity index (χ1v) is 6.96. The van der Waals surface area contributed by atoms with E-state index in [2.05, 4.69) is 38.3 Å². The van der Waals surface area contributed by atoms with Crippen molar-refractivity contribution in [3.63, 3.8) is 0 Å². The summed E-state index contributed by atoms with van der Waals surface area (Å²) < 4.78 is 0. The summed E-state index contributed by atoms with van der Waals surface area (Å²) in [5, 5.41) is 6.40. The Bertz CT molecular complexity index is 202. The van der Waals surface area contributed by atoms with Gasteiger partial charge in [0, 0.05) is 18.5 Å². The van der Waals surface area contributed by atoms with Crippen LogP contribution in [0.1, 0.15) is 53.9 Å². The number of nitrogens with one attached hydrogen (secondary N) is 2. The van der Waals surface area contributed by atoms with Crippen LogP contribution in [0.3, 0.4) is 0 Å². The van der Waals surface area contributed by atoms with Crippen molar-refractivity contribution in [1.29, 1.82) is 0 Å². The van der Waals surface area contributed by atoms with Gasteiger partial charge in [-0.3, -0.25) is 4.79 Å². The van der Waals surface area contributed by atoms with E-state index in [0.29, 0.717) is 12.0 Å². The van der Waals surface area contributed by atoms with Crippen molar-refractivity contribution in [2.24, 2.45) is 11.8 Å². The lowest BCUT2D eigenvalue weighted by Gasteiger charge is -2.15. The Labute approximate surface area is 107 Å². The summed E-state index contributed by atoms with van der Waals surface area (Å²) >= 11 is 0. The monoisotopic (exact) mass is 242 g/mol. The van der Waals surface area contributed by atoms with Crippen molar-refractivity contribution < 1.29 is 4.79 Å². The number of carbonyl (C=O) groups is 1. The average molecular weight is 242 g/mol. The highest BCUT2D eigenvalue weighted by Crippen LogP contribution is 2.09. The molecule has 0 rings (SSSR count). The Morgan fingerprint density at radius 2 is 1.53 bits per heavy atom. The van der Waals surface area contributed by atoms with Crippen LogP contribution in [0.5, 0.6) is 0 Å². The summed E-state index contributed by atoms with van der Waals surface area (Å²) in [4.78, 5) is 11.6. The molecule has 17 heavy (non-hydrogen) atoms. The van der Waals surface area contributed by atoms with Gasteiger partial charge in [-0.15, -0.1) is 0 Å². The van der Waals surface area contributed by atoms with Gasteiger partial charge >= 0.3 is 0 Å². The minimum atomic E-state index is 0.123. The molecule has 0 aliphatic heterocycles. The molecule has 1 atom stereocenters. The lowest BCUT2D eigenvalue weighted by molar-refractivity contribution is -0.125. The first-order chi connectivity index (χ1) is 7.95. The second-order valence-electron chi connectivity index (χ2n) is 5.49. The second-order valence-corrected chi connectivity index (χ2v) is 5.49. The van der Waals surface area contributed by atoms with E-state index < -0.39 is 0 Å². The van der Waals surface area contributed by atoms with Gasteiger partial charge in [-0.2, -0.15) is 0 Å². The zero-order valence-corrected chi connectivity index (χ0v) is 12.2. The summed E-state index contributed by atoms with van der Waals surface area (Å²) in [6, 6.07) is 0.571. The number of amides is 1. The Hall–Kier alpha value is -0.570. The third kappa shape index (κ3) is 9.16. The van der Waals surface area contributed by atoms with Crippen molar-refractivity contribution in [3.05, 3.63) is 0 Å². The maximum atomic E-state index is 11.6. The Morgan fingerprint density at radius 1 is 0.941 bits per heavy atom. The van der Waals surface area contributed by atoms with Crippen molar-refractivity contribution in [3.8, 4) is 0 Å². The molecule has 0 aliphatic rings. The number of hydrogen-bond donors (Lipinski definition) is 2. The third-order valence-electron chi connectivity index (χ3n) is 3.12. The van der Waals surface area contributed by atoms with Crippen LogP contribution < -0.4 is 10.6 Å². The number of unbranched alkanes of at least 4 members (excludes halogenated alkanes) is 2. The van der Waals surface area contributed by atoms with Crippen LogP contribution in [0.2, 0.25) is 0 Å². The number of rotatable bonds is 9. The summed E-state index contributed by atoms with van der Waals surface area (Å²) in [6.07, 6.45) is 3.44. The lowest BCUT2D eigenvalue weighted by Crippen LogP contribution is -2.32. The molecule has 1 unspecified atom stereocenters. The zero-order chi connectivity index (χ0) is 13.3. The fourth-order valence-corrected chi connectivity index (χ4v) is 1.49. The van der Waals surface area contributed by atoms with Crippen molar-refractivity contribution in [2.75, 3.05) is 13.1 Å². The van der Waals surface area contributed by atoms with Gasteiger partial charge in [0.2, 0.25) is 5.91 Å². The molecule has 3 nitrogen and oxygen atoms in total. The smallest absolute Gasteiger partial charge is 0.223 e.